The van der Waals surface area contributed by atoms with Crippen molar-refractivity contribution in [2.45, 2.75) is 6.54 Å². The van der Waals surface area contributed by atoms with Gasteiger partial charge in [-0.25, -0.2) is 4.98 Å². The molecule has 1 aliphatic heterocycles. The summed E-state index contributed by atoms with van der Waals surface area (Å²) in [7, 11) is 0. The topological polar surface area (TPSA) is 66.0 Å². The van der Waals surface area contributed by atoms with Crippen LogP contribution in [0.25, 0.3) is 21.9 Å². The summed E-state index contributed by atoms with van der Waals surface area (Å²) < 4.78 is 1.68. The Morgan fingerprint density at radius 2 is 2.04 bits per heavy atom. The Hall–Kier alpha value is -1.89. The van der Waals surface area contributed by atoms with E-state index in [0.29, 0.717) is 22.6 Å². The molecule has 1 aromatic carbocycles. The molecule has 0 atom stereocenters. The molecule has 2 aromatic heterocycles. The summed E-state index contributed by atoms with van der Waals surface area (Å²) in [4.78, 5) is 22.7. The molecule has 0 amide bonds. The van der Waals surface area contributed by atoms with Gasteiger partial charge in [0.1, 0.15) is 11.0 Å². The third-order valence-electron chi connectivity index (χ3n) is 4.40. The normalized spacial score (nSPS) is 16.4. The average Bonchev–Trinajstić information content (AvgIpc) is 2.94. The second-order valence-electron chi connectivity index (χ2n) is 5.87. The van der Waals surface area contributed by atoms with Crippen molar-refractivity contribution in [3.05, 3.63) is 39.9 Å². The molecule has 6 nitrogen and oxygen atoms in total. The lowest BCUT2D eigenvalue weighted by atomic mass is 10.2. The van der Waals surface area contributed by atoms with Gasteiger partial charge < -0.3 is 10.3 Å². The van der Waals surface area contributed by atoms with Crippen molar-refractivity contribution < 1.29 is 0 Å². The van der Waals surface area contributed by atoms with E-state index in [-0.39, 0.29) is 5.56 Å². The van der Waals surface area contributed by atoms with Crippen molar-refractivity contribution in [1.29, 1.82) is 0 Å². The van der Waals surface area contributed by atoms with E-state index in [9.17, 15) is 4.79 Å². The third kappa shape index (κ3) is 2.73. The van der Waals surface area contributed by atoms with Crippen LogP contribution in [0.15, 0.2) is 29.3 Å². The maximum absolute atomic E-state index is 12.7. The summed E-state index contributed by atoms with van der Waals surface area (Å²) in [6.45, 7) is 5.58. The molecule has 0 radical (unpaired) electrons. The average molecular weight is 332 g/mol. The van der Waals surface area contributed by atoms with Crippen LogP contribution in [0.3, 0.4) is 0 Å². The fraction of sp³-hybridized carbons (Fsp3) is 0.375. The standard InChI is InChI=1S/C16H18ClN5O/c17-11-1-2-13-12(9-11)14-15(20-13)16(23)22(10-19-14)8-7-21-5-3-18-4-6-21/h1-2,9-10,18,20H,3-8H2. The van der Waals surface area contributed by atoms with Gasteiger partial charge in [0, 0.05) is 55.2 Å². The lowest BCUT2D eigenvalue weighted by Gasteiger charge is -2.27. The molecule has 0 aliphatic carbocycles. The number of hydrogen-bond donors (Lipinski definition) is 2. The number of H-pyrrole nitrogens is 1. The molecule has 1 saturated heterocycles. The molecule has 0 saturated carbocycles. The SMILES string of the molecule is O=c1c2[nH]c3ccc(Cl)cc3c2ncn1CCN1CCNCC1. The van der Waals surface area contributed by atoms with E-state index in [1.54, 1.807) is 10.9 Å². The third-order valence-corrected chi connectivity index (χ3v) is 4.64. The molecular weight excluding hydrogens is 314 g/mol. The number of fused-ring (bicyclic) bond motifs is 3. The van der Waals surface area contributed by atoms with E-state index < -0.39 is 0 Å². The number of benzene rings is 1. The van der Waals surface area contributed by atoms with Crippen LogP contribution in [0.4, 0.5) is 0 Å². The Morgan fingerprint density at radius 1 is 1.22 bits per heavy atom. The first-order valence-corrected chi connectivity index (χ1v) is 8.19. The highest BCUT2D eigenvalue weighted by atomic mass is 35.5. The van der Waals surface area contributed by atoms with Crippen LogP contribution in [-0.4, -0.2) is 52.2 Å². The van der Waals surface area contributed by atoms with Crippen LogP contribution in [0, 0.1) is 0 Å². The molecule has 7 heteroatoms. The molecule has 120 valence electrons. The lowest BCUT2D eigenvalue weighted by molar-refractivity contribution is 0.231. The summed E-state index contributed by atoms with van der Waals surface area (Å²) in [5.74, 6) is 0. The number of halogens is 1. The molecule has 0 bridgehead atoms. The van der Waals surface area contributed by atoms with E-state index in [0.717, 1.165) is 43.6 Å². The minimum atomic E-state index is -0.0301. The van der Waals surface area contributed by atoms with Gasteiger partial charge in [0.2, 0.25) is 0 Å². The number of piperazine rings is 1. The molecule has 1 fully saturated rings. The summed E-state index contributed by atoms with van der Waals surface area (Å²) in [5, 5.41) is 4.86. The fourth-order valence-electron chi connectivity index (χ4n) is 3.11. The smallest absolute Gasteiger partial charge is 0.277 e. The number of hydrogen-bond acceptors (Lipinski definition) is 4. The zero-order valence-electron chi connectivity index (χ0n) is 12.7. The second kappa shape index (κ2) is 5.96. The Kier molecular flexibility index (Phi) is 3.80. The highest BCUT2D eigenvalue weighted by Crippen LogP contribution is 2.24. The Balaban J connectivity index is 1.67. The van der Waals surface area contributed by atoms with Crippen LogP contribution >= 0.6 is 11.6 Å². The maximum Gasteiger partial charge on any atom is 0.277 e. The molecular formula is C16H18ClN5O. The first-order chi connectivity index (χ1) is 11.2. The van der Waals surface area contributed by atoms with Crippen molar-refractivity contribution in [3.63, 3.8) is 0 Å². The van der Waals surface area contributed by atoms with Crippen molar-refractivity contribution in [2.75, 3.05) is 32.7 Å². The molecule has 4 rings (SSSR count). The number of rotatable bonds is 3. The number of nitrogens with one attached hydrogen (secondary N) is 2. The maximum atomic E-state index is 12.7. The van der Waals surface area contributed by atoms with Gasteiger partial charge in [-0.1, -0.05) is 11.6 Å². The summed E-state index contributed by atoms with van der Waals surface area (Å²) >= 11 is 6.05. The highest BCUT2D eigenvalue weighted by Gasteiger charge is 2.13. The van der Waals surface area contributed by atoms with Gasteiger partial charge in [-0.3, -0.25) is 14.3 Å². The quantitative estimate of drug-likeness (QED) is 0.762. The van der Waals surface area contributed by atoms with Gasteiger partial charge in [0.15, 0.2) is 0 Å². The molecule has 2 N–H and O–H groups in total. The van der Waals surface area contributed by atoms with Crippen LogP contribution < -0.4 is 10.9 Å². The van der Waals surface area contributed by atoms with Gasteiger partial charge in [-0.2, -0.15) is 0 Å². The van der Waals surface area contributed by atoms with Crippen LogP contribution in [0.1, 0.15) is 0 Å². The summed E-state index contributed by atoms with van der Waals surface area (Å²) in [6.07, 6.45) is 1.64. The van der Waals surface area contributed by atoms with Gasteiger partial charge in [-0.05, 0) is 18.2 Å². The van der Waals surface area contributed by atoms with Gasteiger partial charge >= 0.3 is 0 Å². The Bertz CT molecular complexity index is 910. The first kappa shape index (κ1) is 14.7. The van der Waals surface area contributed by atoms with Crippen molar-refractivity contribution in [1.82, 2.24) is 24.8 Å². The van der Waals surface area contributed by atoms with E-state index in [1.807, 2.05) is 18.2 Å². The minimum absolute atomic E-state index is 0.0301. The van der Waals surface area contributed by atoms with E-state index in [1.165, 1.54) is 0 Å². The number of aromatic nitrogens is 3. The molecule has 3 heterocycles. The Labute approximate surface area is 138 Å². The molecule has 23 heavy (non-hydrogen) atoms. The van der Waals surface area contributed by atoms with Gasteiger partial charge in [0.05, 0.1) is 6.33 Å². The van der Waals surface area contributed by atoms with Gasteiger partial charge in [-0.15, -0.1) is 0 Å². The van der Waals surface area contributed by atoms with Crippen LogP contribution in [0.2, 0.25) is 5.02 Å². The molecule has 3 aromatic rings. The predicted molar refractivity (Wildman–Crippen MR) is 92.2 cm³/mol. The molecule has 0 spiro atoms. The van der Waals surface area contributed by atoms with E-state index >= 15 is 0 Å². The predicted octanol–water partition coefficient (Wildman–Crippen LogP) is 1.44. The summed E-state index contributed by atoms with van der Waals surface area (Å²) in [6, 6.07) is 5.53. The molecule has 0 unspecified atom stereocenters. The largest absolute Gasteiger partial charge is 0.349 e. The first-order valence-electron chi connectivity index (χ1n) is 7.82. The van der Waals surface area contributed by atoms with E-state index in [2.05, 4.69) is 20.2 Å². The fourth-order valence-corrected chi connectivity index (χ4v) is 3.28. The van der Waals surface area contributed by atoms with Crippen LogP contribution in [0.5, 0.6) is 0 Å². The van der Waals surface area contributed by atoms with Gasteiger partial charge in [0.25, 0.3) is 5.56 Å². The zero-order chi connectivity index (χ0) is 15.8. The highest BCUT2D eigenvalue weighted by molar-refractivity contribution is 6.31. The monoisotopic (exact) mass is 331 g/mol. The van der Waals surface area contributed by atoms with Crippen LogP contribution in [-0.2, 0) is 6.54 Å². The number of aromatic amines is 1. The van der Waals surface area contributed by atoms with Crippen molar-refractivity contribution >= 4 is 33.5 Å². The second-order valence-corrected chi connectivity index (χ2v) is 6.31. The zero-order valence-corrected chi connectivity index (χ0v) is 13.4. The Morgan fingerprint density at radius 3 is 2.87 bits per heavy atom. The number of nitrogens with zero attached hydrogens (tertiary/aromatic N) is 3. The van der Waals surface area contributed by atoms with Crippen molar-refractivity contribution in [3.8, 4) is 0 Å². The lowest BCUT2D eigenvalue weighted by Crippen LogP contribution is -2.45. The molecule has 1 aliphatic rings. The summed E-state index contributed by atoms with van der Waals surface area (Å²) in [5.41, 5.74) is 2.09. The van der Waals surface area contributed by atoms with Crippen molar-refractivity contribution in [2.24, 2.45) is 0 Å². The minimum Gasteiger partial charge on any atom is -0.349 e. The van der Waals surface area contributed by atoms with E-state index in [4.69, 9.17) is 11.6 Å².